The monoisotopic (exact) mass is 191 g/mol. The molecule has 1 aliphatic rings. The van der Waals surface area contributed by atoms with Gasteiger partial charge < -0.3 is 9.30 Å². The SMILES string of the molecule is COC1=CC(=O)c2c(ccn2C)C1=O. The van der Waals surface area contributed by atoms with E-state index >= 15 is 0 Å². The number of fused-ring (bicyclic) bond motifs is 1. The third-order valence-corrected chi connectivity index (χ3v) is 2.26. The van der Waals surface area contributed by atoms with Gasteiger partial charge in [-0.15, -0.1) is 0 Å². The second-order valence-electron chi connectivity index (χ2n) is 3.10. The average molecular weight is 191 g/mol. The lowest BCUT2D eigenvalue weighted by Gasteiger charge is -2.11. The van der Waals surface area contributed by atoms with E-state index in [1.807, 2.05) is 0 Å². The Balaban J connectivity index is 2.62. The van der Waals surface area contributed by atoms with E-state index in [0.29, 0.717) is 11.3 Å². The molecule has 0 bridgehead atoms. The number of carbonyl (C=O) groups is 2. The van der Waals surface area contributed by atoms with Crippen molar-refractivity contribution < 1.29 is 14.3 Å². The lowest BCUT2D eigenvalue weighted by atomic mass is 10.0. The van der Waals surface area contributed by atoms with E-state index in [0.717, 1.165) is 0 Å². The highest BCUT2D eigenvalue weighted by molar-refractivity contribution is 6.23. The number of Topliss-reactive ketones (excluding diaryl/α,β-unsaturated/α-hetero) is 1. The van der Waals surface area contributed by atoms with Crippen LogP contribution in [0.2, 0.25) is 0 Å². The van der Waals surface area contributed by atoms with Gasteiger partial charge in [0.2, 0.25) is 11.6 Å². The number of nitrogens with zero attached hydrogens (tertiary/aromatic N) is 1. The fourth-order valence-corrected chi connectivity index (χ4v) is 1.56. The van der Waals surface area contributed by atoms with Crippen LogP contribution < -0.4 is 0 Å². The summed E-state index contributed by atoms with van der Waals surface area (Å²) in [5, 5.41) is 0. The molecule has 0 saturated carbocycles. The Bertz CT molecular complexity index is 454. The first-order valence-corrected chi connectivity index (χ1v) is 4.15. The number of aryl methyl sites for hydroxylation is 1. The maximum absolute atomic E-state index is 11.6. The molecule has 0 N–H and O–H groups in total. The highest BCUT2D eigenvalue weighted by Gasteiger charge is 2.28. The topological polar surface area (TPSA) is 48.3 Å². The molecule has 0 radical (unpaired) electrons. The van der Waals surface area contributed by atoms with Gasteiger partial charge in [0.25, 0.3) is 0 Å². The van der Waals surface area contributed by atoms with Crippen LogP contribution in [0.1, 0.15) is 20.8 Å². The van der Waals surface area contributed by atoms with Crippen molar-refractivity contribution in [1.82, 2.24) is 4.57 Å². The van der Waals surface area contributed by atoms with E-state index < -0.39 is 0 Å². The van der Waals surface area contributed by atoms with E-state index in [1.165, 1.54) is 13.2 Å². The molecule has 1 aromatic heterocycles. The van der Waals surface area contributed by atoms with Crippen LogP contribution in [0, 0.1) is 0 Å². The van der Waals surface area contributed by atoms with E-state index in [2.05, 4.69) is 0 Å². The van der Waals surface area contributed by atoms with Crippen LogP contribution in [0.5, 0.6) is 0 Å². The Morgan fingerprint density at radius 1 is 1.36 bits per heavy atom. The molecule has 0 saturated heterocycles. The molecule has 0 atom stereocenters. The number of carbonyl (C=O) groups excluding carboxylic acids is 2. The summed E-state index contributed by atoms with van der Waals surface area (Å²) in [5.41, 5.74) is 0.840. The summed E-state index contributed by atoms with van der Waals surface area (Å²) in [7, 11) is 3.11. The summed E-state index contributed by atoms with van der Waals surface area (Å²) in [4.78, 5) is 23.2. The van der Waals surface area contributed by atoms with Gasteiger partial charge in [-0.05, 0) is 6.07 Å². The quantitative estimate of drug-likeness (QED) is 0.663. The predicted molar refractivity (Wildman–Crippen MR) is 49.2 cm³/mol. The first-order chi connectivity index (χ1) is 6.65. The summed E-state index contributed by atoms with van der Waals surface area (Å²) in [6, 6.07) is 1.63. The molecule has 2 rings (SSSR count). The zero-order chi connectivity index (χ0) is 10.3. The second kappa shape index (κ2) is 2.83. The van der Waals surface area contributed by atoms with Crippen LogP contribution in [0.15, 0.2) is 24.1 Å². The predicted octanol–water partition coefficient (Wildman–Crippen LogP) is 0.934. The molecule has 4 heteroatoms. The van der Waals surface area contributed by atoms with E-state index in [9.17, 15) is 9.59 Å². The first-order valence-electron chi connectivity index (χ1n) is 4.15. The summed E-state index contributed by atoms with van der Waals surface area (Å²) >= 11 is 0. The molecule has 0 unspecified atom stereocenters. The first kappa shape index (κ1) is 8.74. The number of aromatic nitrogens is 1. The van der Waals surface area contributed by atoms with Gasteiger partial charge in [0.1, 0.15) is 5.69 Å². The molecule has 1 heterocycles. The van der Waals surface area contributed by atoms with Crippen molar-refractivity contribution in [3.8, 4) is 0 Å². The van der Waals surface area contributed by atoms with Gasteiger partial charge in [0.05, 0.1) is 12.7 Å². The van der Waals surface area contributed by atoms with Crippen LogP contribution in [0.4, 0.5) is 0 Å². The lowest BCUT2D eigenvalue weighted by molar-refractivity contribution is 0.0914. The van der Waals surface area contributed by atoms with Crippen LogP contribution in [0.25, 0.3) is 0 Å². The molecule has 1 aliphatic carbocycles. The van der Waals surface area contributed by atoms with E-state index in [1.54, 1.807) is 23.9 Å². The molecular formula is C10H9NO3. The Morgan fingerprint density at radius 2 is 2.07 bits per heavy atom. The molecule has 14 heavy (non-hydrogen) atoms. The van der Waals surface area contributed by atoms with Crippen LogP contribution >= 0.6 is 0 Å². The fraction of sp³-hybridized carbons (Fsp3) is 0.200. The van der Waals surface area contributed by atoms with Gasteiger partial charge in [0, 0.05) is 19.3 Å². The van der Waals surface area contributed by atoms with Crippen molar-refractivity contribution in [2.24, 2.45) is 7.05 Å². The molecule has 0 spiro atoms. The second-order valence-corrected chi connectivity index (χ2v) is 3.10. The van der Waals surface area contributed by atoms with Crippen molar-refractivity contribution >= 4 is 11.6 Å². The number of rotatable bonds is 1. The standard InChI is InChI=1S/C10H9NO3/c1-11-4-3-6-9(11)7(12)5-8(14-2)10(6)13/h3-5H,1-2H3. The molecule has 0 aromatic carbocycles. The normalized spacial score (nSPS) is 15.1. The Labute approximate surface area is 80.8 Å². The minimum Gasteiger partial charge on any atom is -0.492 e. The maximum Gasteiger partial charge on any atom is 0.229 e. The summed E-state index contributed by atoms with van der Waals surface area (Å²) in [6.07, 6.45) is 2.91. The summed E-state index contributed by atoms with van der Waals surface area (Å²) in [6.45, 7) is 0. The van der Waals surface area contributed by atoms with Crippen LogP contribution in [0.3, 0.4) is 0 Å². The Morgan fingerprint density at radius 3 is 2.71 bits per heavy atom. The average Bonchev–Trinajstić information content (AvgIpc) is 2.54. The van der Waals surface area contributed by atoms with E-state index in [-0.39, 0.29) is 17.3 Å². The van der Waals surface area contributed by atoms with Gasteiger partial charge in [-0.1, -0.05) is 0 Å². The number of hydrogen-bond donors (Lipinski definition) is 0. The maximum atomic E-state index is 11.6. The zero-order valence-electron chi connectivity index (χ0n) is 7.90. The molecule has 0 aliphatic heterocycles. The van der Waals surface area contributed by atoms with Crippen molar-refractivity contribution in [2.45, 2.75) is 0 Å². The van der Waals surface area contributed by atoms with Crippen molar-refractivity contribution in [3.05, 3.63) is 35.4 Å². The third kappa shape index (κ3) is 1.00. The largest absolute Gasteiger partial charge is 0.492 e. The highest BCUT2D eigenvalue weighted by Crippen LogP contribution is 2.21. The van der Waals surface area contributed by atoms with Crippen molar-refractivity contribution in [3.63, 3.8) is 0 Å². The number of ketones is 2. The lowest BCUT2D eigenvalue weighted by Crippen LogP contribution is -2.18. The van der Waals surface area contributed by atoms with Crippen molar-refractivity contribution in [1.29, 1.82) is 0 Å². The van der Waals surface area contributed by atoms with Gasteiger partial charge in [-0.25, -0.2) is 0 Å². The molecule has 4 nitrogen and oxygen atoms in total. The molecule has 0 fully saturated rings. The minimum atomic E-state index is -0.234. The number of ether oxygens (including phenoxy) is 1. The fourth-order valence-electron chi connectivity index (χ4n) is 1.56. The number of hydrogen-bond acceptors (Lipinski definition) is 3. The van der Waals surface area contributed by atoms with Crippen LogP contribution in [-0.2, 0) is 11.8 Å². The van der Waals surface area contributed by atoms with Crippen LogP contribution in [-0.4, -0.2) is 23.2 Å². The summed E-state index contributed by atoms with van der Waals surface area (Å²) < 4.78 is 6.46. The third-order valence-electron chi connectivity index (χ3n) is 2.26. The smallest absolute Gasteiger partial charge is 0.229 e. The Kier molecular flexibility index (Phi) is 1.77. The molecule has 72 valence electrons. The zero-order valence-corrected chi connectivity index (χ0v) is 7.90. The van der Waals surface area contributed by atoms with Crippen molar-refractivity contribution in [2.75, 3.05) is 7.11 Å². The number of methoxy groups -OCH3 is 1. The number of allylic oxidation sites excluding steroid dienone is 2. The van der Waals surface area contributed by atoms with Gasteiger partial charge in [-0.2, -0.15) is 0 Å². The summed E-state index contributed by atoms with van der Waals surface area (Å²) in [5.74, 6) is -0.319. The van der Waals surface area contributed by atoms with Gasteiger partial charge in [-0.3, -0.25) is 9.59 Å². The highest BCUT2D eigenvalue weighted by atomic mass is 16.5. The Hall–Kier alpha value is -1.84. The minimum absolute atomic E-state index is 0.105. The molecule has 1 aromatic rings. The van der Waals surface area contributed by atoms with Gasteiger partial charge >= 0.3 is 0 Å². The molecular weight excluding hydrogens is 182 g/mol. The van der Waals surface area contributed by atoms with E-state index in [4.69, 9.17) is 4.74 Å². The van der Waals surface area contributed by atoms with Gasteiger partial charge in [0.15, 0.2) is 5.76 Å². The molecule has 0 amide bonds.